The van der Waals surface area contributed by atoms with E-state index >= 15 is 0 Å². The van der Waals surface area contributed by atoms with Crippen molar-refractivity contribution in [1.82, 2.24) is 10.0 Å². The van der Waals surface area contributed by atoms with Gasteiger partial charge in [-0.15, -0.1) is 0 Å². The van der Waals surface area contributed by atoms with Gasteiger partial charge in [0.05, 0.1) is 12.3 Å². The Balaban J connectivity index is 3.57. The third-order valence-electron chi connectivity index (χ3n) is 1.99. The number of nitrogens with one attached hydrogen (secondary N) is 2. The van der Waals surface area contributed by atoms with Crippen molar-refractivity contribution in [2.75, 3.05) is 33.1 Å². The fourth-order valence-electron chi connectivity index (χ4n) is 1.06. The van der Waals surface area contributed by atoms with Crippen LogP contribution < -0.4 is 15.8 Å². The average Bonchev–Trinajstić information content (AvgIpc) is 2.23. The lowest BCUT2D eigenvalue weighted by Gasteiger charge is -2.11. The molecule has 8 heteroatoms. The van der Waals surface area contributed by atoms with E-state index in [1.165, 1.54) is 0 Å². The van der Waals surface area contributed by atoms with Gasteiger partial charge in [-0.3, -0.25) is 4.79 Å². The van der Waals surface area contributed by atoms with Gasteiger partial charge in [0.2, 0.25) is 15.9 Å². The standard InChI is InChI=1S/C9H21N3O4S/c1-16-7-4-8(10)9(13)11-5-3-6-12-17(2,14)15/h8,12H,3-7,10H2,1-2H3,(H,11,13). The second-order valence-corrected chi connectivity index (χ2v) is 5.53. The quantitative estimate of drug-likeness (QED) is 0.436. The molecule has 0 spiro atoms. The van der Waals surface area contributed by atoms with Crippen LogP contribution in [-0.2, 0) is 19.6 Å². The zero-order chi connectivity index (χ0) is 13.3. The Morgan fingerprint density at radius 3 is 2.59 bits per heavy atom. The van der Waals surface area contributed by atoms with Crippen LogP contribution in [0, 0.1) is 0 Å². The van der Waals surface area contributed by atoms with Crippen molar-refractivity contribution in [3.05, 3.63) is 0 Å². The molecular weight excluding hydrogens is 246 g/mol. The summed E-state index contributed by atoms with van der Waals surface area (Å²) in [6, 6.07) is -0.585. The van der Waals surface area contributed by atoms with E-state index < -0.39 is 16.1 Å². The number of carbonyl (C=O) groups is 1. The van der Waals surface area contributed by atoms with Crippen LogP contribution in [0.1, 0.15) is 12.8 Å². The number of amides is 1. The molecule has 0 aliphatic carbocycles. The maximum atomic E-state index is 11.4. The van der Waals surface area contributed by atoms with E-state index in [4.69, 9.17) is 10.5 Å². The zero-order valence-corrected chi connectivity index (χ0v) is 11.0. The van der Waals surface area contributed by atoms with E-state index in [1.807, 2.05) is 0 Å². The Labute approximate surface area is 102 Å². The van der Waals surface area contributed by atoms with E-state index in [0.717, 1.165) is 6.26 Å². The SMILES string of the molecule is COCCC(N)C(=O)NCCCNS(C)(=O)=O. The highest BCUT2D eigenvalue weighted by Crippen LogP contribution is 1.89. The lowest BCUT2D eigenvalue weighted by molar-refractivity contribution is -0.122. The molecule has 0 saturated carbocycles. The zero-order valence-electron chi connectivity index (χ0n) is 10.2. The van der Waals surface area contributed by atoms with Gasteiger partial charge in [0, 0.05) is 26.8 Å². The van der Waals surface area contributed by atoms with E-state index in [0.29, 0.717) is 32.5 Å². The number of ether oxygens (including phenoxy) is 1. The summed E-state index contributed by atoms with van der Waals surface area (Å²) < 4.78 is 28.6. The van der Waals surface area contributed by atoms with E-state index in [2.05, 4.69) is 10.0 Å². The fraction of sp³-hybridized carbons (Fsp3) is 0.889. The van der Waals surface area contributed by atoms with Gasteiger partial charge in [-0.25, -0.2) is 13.1 Å². The molecule has 0 aliphatic rings. The highest BCUT2D eigenvalue weighted by atomic mass is 32.2. The molecule has 0 fully saturated rings. The number of sulfonamides is 1. The van der Waals surface area contributed by atoms with Crippen molar-refractivity contribution in [3.8, 4) is 0 Å². The summed E-state index contributed by atoms with van der Waals surface area (Å²) in [4.78, 5) is 11.4. The van der Waals surface area contributed by atoms with Crippen molar-refractivity contribution >= 4 is 15.9 Å². The molecule has 1 amide bonds. The Kier molecular flexibility index (Phi) is 8.05. The lowest BCUT2D eigenvalue weighted by Crippen LogP contribution is -2.42. The fourth-order valence-corrected chi connectivity index (χ4v) is 1.58. The van der Waals surface area contributed by atoms with Gasteiger partial charge >= 0.3 is 0 Å². The third-order valence-corrected chi connectivity index (χ3v) is 2.72. The number of nitrogens with two attached hydrogens (primary N) is 1. The average molecular weight is 267 g/mol. The topological polar surface area (TPSA) is 111 Å². The van der Waals surface area contributed by atoms with Crippen molar-refractivity contribution in [3.63, 3.8) is 0 Å². The van der Waals surface area contributed by atoms with Gasteiger partial charge in [-0.2, -0.15) is 0 Å². The maximum Gasteiger partial charge on any atom is 0.237 e. The molecule has 0 aliphatic heterocycles. The minimum atomic E-state index is -3.16. The molecule has 17 heavy (non-hydrogen) atoms. The van der Waals surface area contributed by atoms with E-state index in [1.54, 1.807) is 7.11 Å². The predicted molar refractivity (Wildman–Crippen MR) is 64.9 cm³/mol. The summed E-state index contributed by atoms with van der Waals surface area (Å²) in [6.45, 7) is 1.12. The van der Waals surface area contributed by atoms with Crippen LogP contribution in [-0.4, -0.2) is 53.4 Å². The van der Waals surface area contributed by atoms with Gasteiger partial charge < -0.3 is 15.8 Å². The van der Waals surface area contributed by atoms with Crippen molar-refractivity contribution < 1.29 is 17.9 Å². The molecule has 1 atom stereocenters. The first-order valence-electron chi connectivity index (χ1n) is 5.33. The molecule has 4 N–H and O–H groups in total. The molecular formula is C9H21N3O4S. The molecule has 102 valence electrons. The Morgan fingerprint density at radius 2 is 2.06 bits per heavy atom. The summed E-state index contributed by atoms with van der Waals surface area (Å²) in [5.41, 5.74) is 5.58. The molecule has 1 unspecified atom stereocenters. The van der Waals surface area contributed by atoms with Gasteiger partial charge in [0.1, 0.15) is 0 Å². The third kappa shape index (κ3) is 10.2. The smallest absolute Gasteiger partial charge is 0.237 e. The van der Waals surface area contributed by atoms with Gasteiger partial charge in [0.25, 0.3) is 0 Å². The number of methoxy groups -OCH3 is 1. The number of hydrogen-bond donors (Lipinski definition) is 3. The van der Waals surface area contributed by atoms with Gasteiger partial charge in [-0.1, -0.05) is 0 Å². The Hall–Kier alpha value is -0.700. The summed E-state index contributed by atoms with van der Waals surface area (Å²) in [5.74, 6) is -0.249. The number of hydrogen-bond acceptors (Lipinski definition) is 5. The summed E-state index contributed by atoms with van der Waals surface area (Å²) >= 11 is 0. The lowest BCUT2D eigenvalue weighted by atomic mass is 10.2. The van der Waals surface area contributed by atoms with Crippen LogP contribution in [0.3, 0.4) is 0 Å². The second-order valence-electron chi connectivity index (χ2n) is 3.70. The largest absolute Gasteiger partial charge is 0.385 e. The highest BCUT2D eigenvalue weighted by Gasteiger charge is 2.11. The van der Waals surface area contributed by atoms with Gasteiger partial charge in [0.15, 0.2) is 0 Å². The first-order valence-corrected chi connectivity index (χ1v) is 7.23. The Bertz CT molecular complexity index is 318. The minimum absolute atomic E-state index is 0.249. The summed E-state index contributed by atoms with van der Waals surface area (Å²) in [6.07, 6.45) is 2.08. The highest BCUT2D eigenvalue weighted by molar-refractivity contribution is 7.88. The first kappa shape index (κ1) is 16.3. The van der Waals surface area contributed by atoms with Crippen LogP contribution in [0.15, 0.2) is 0 Å². The molecule has 0 radical (unpaired) electrons. The molecule has 0 rings (SSSR count). The van der Waals surface area contributed by atoms with Crippen molar-refractivity contribution in [2.24, 2.45) is 5.73 Å². The van der Waals surface area contributed by atoms with Crippen molar-refractivity contribution in [2.45, 2.75) is 18.9 Å². The van der Waals surface area contributed by atoms with Crippen LogP contribution in [0.2, 0.25) is 0 Å². The number of rotatable bonds is 9. The van der Waals surface area contributed by atoms with Crippen LogP contribution in [0.5, 0.6) is 0 Å². The molecule has 0 aromatic rings. The molecule has 0 aromatic carbocycles. The monoisotopic (exact) mass is 267 g/mol. The van der Waals surface area contributed by atoms with Crippen LogP contribution >= 0.6 is 0 Å². The van der Waals surface area contributed by atoms with Crippen molar-refractivity contribution in [1.29, 1.82) is 0 Å². The summed E-state index contributed by atoms with van der Waals surface area (Å²) in [5, 5.41) is 2.62. The second kappa shape index (κ2) is 8.40. The normalized spacial score (nSPS) is 13.4. The van der Waals surface area contributed by atoms with Crippen LogP contribution in [0.25, 0.3) is 0 Å². The van der Waals surface area contributed by atoms with E-state index in [9.17, 15) is 13.2 Å². The molecule has 0 aromatic heterocycles. The summed E-state index contributed by atoms with van der Waals surface area (Å²) in [7, 11) is -1.61. The Morgan fingerprint density at radius 1 is 1.41 bits per heavy atom. The molecule has 0 saturated heterocycles. The van der Waals surface area contributed by atoms with Crippen LogP contribution in [0.4, 0.5) is 0 Å². The maximum absolute atomic E-state index is 11.4. The van der Waals surface area contributed by atoms with E-state index in [-0.39, 0.29) is 5.91 Å². The molecule has 7 nitrogen and oxygen atoms in total. The predicted octanol–water partition coefficient (Wildman–Crippen LogP) is -1.59. The number of carbonyl (C=O) groups excluding carboxylic acids is 1. The molecule has 0 heterocycles. The first-order chi connectivity index (χ1) is 7.87. The minimum Gasteiger partial charge on any atom is -0.385 e. The van der Waals surface area contributed by atoms with Gasteiger partial charge in [-0.05, 0) is 12.8 Å². The molecule has 0 bridgehead atoms.